The molecule has 15 heteroatoms. The van der Waals surface area contributed by atoms with Crippen LogP contribution in [0.1, 0.15) is 104 Å². The van der Waals surface area contributed by atoms with Crippen LogP contribution in [0.5, 0.6) is 5.75 Å². The topological polar surface area (TPSA) is 149 Å². The molecule has 1 aromatic carbocycles. The first-order valence-electron chi connectivity index (χ1n) is 21.8. The molecule has 2 saturated heterocycles. The third-order valence-electron chi connectivity index (χ3n) is 13.4. The summed E-state index contributed by atoms with van der Waals surface area (Å²) in [5, 5.41) is 26.8. The van der Waals surface area contributed by atoms with Gasteiger partial charge >= 0.3 is 0 Å². The summed E-state index contributed by atoms with van der Waals surface area (Å²) in [6.45, 7) is 9.02. The van der Waals surface area contributed by atoms with Crippen LogP contribution in [-0.4, -0.2) is 105 Å². The van der Waals surface area contributed by atoms with Gasteiger partial charge < -0.3 is 29.7 Å². The molecule has 60 heavy (non-hydrogen) atoms. The van der Waals surface area contributed by atoms with Crippen LogP contribution in [0.3, 0.4) is 0 Å². The molecule has 3 aromatic heterocycles. The highest BCUT2D eigenvalue weighted by Gasteiger charge is 2.35. The molecule has 9 rings (SSSR count). The number of halogens is 1. The number of fused-ring (bicyclic) bond motifs is 2. The lowest BCUT2D eigenvalue weighted by atomic mass is 9.92. The average Bonchev–Trinajstić information content (AvgIpc) is 3.66. The smallest absolute Gasteiger partial charge is 0.272 e. The second-order valence-electron chi connectivity index (χ2n) is 17.2. The van der Waals surface area contributed by atoms with Crippen molar-refractivity contribution >= 4 is 40.7 Å². The lowest BCUT2D eigenvalue weighted by molar-refractivity contribution is -0.129. The monoisotopic (exact) mass is 831 g/mol. The zero-order chi connectivity index (χ0) is 41.2. The first-order valence-corrected chi connectivity index (χ1v) is 22.2. The Bertz CT molecular complexity index is 2220. The Hall–Kier alpha value is -5.26. The number of amides is 2. The molecule has 1 N–H and O–H groups in total. The van der Waals surface area contributed by atoms with Gasteiger partial charge in [-0.25, -0.2) is 0 Å². The van der Waals surface area contributed by atoms with Crippen molar-refractivity contribution in [2.24, 2.45) is 5.92 Å². The minimum absolute atomic E-state index is 0.0373. The van der Waals surface area contributed by atoms with Crippen LogP contribution < -0.4 is 19.9 Å². The number of rotatable bonds is 9. The van der Waals surface area contributed by atoms with Crippen molar-refractivity contribution in [2.45, 2.75) is 102 Å². The highest BCUT2D eigenvalue weighted by Crippen LogP contribution is 2.39. The molecular weight excluding hydrogens is 778 g/mol. The van der Waals surface area contributed by atoms with E-state index in [0.29, 0.717) is 40.5 Å². The summed E-state index contributed by atoms with van der Waals surface area (Å²) in [5.74, 6) is 3.05. The molecule has 314 valence electrons. The number of anilines is 3. The lowest BCUT2D eigenvalue weighted by Crippen LogP contribution is -2.42. The third kappa shape index (κ3) is 8.65. The zero-order valence-corrected chi connectivity index (χ0v) is 35.2. The number of nitriles is 1. The Kier molecular flexibility index (Phi) is 11.9. The number of pyridine rings is 1. The molecule has 0 atom stereocenters. The van der Waals surface area contributed by atoms with Crippen molar-refractivity contribution in [3.63, 3.8) is 0 Å². The van der Waals surface area contributed by atoms with Gasteiger partial charge in [-0.05, 0) is 106 Å². The number of aryl methyl sites for hydroxylation is 1. The van der Waals surface area contributed by atoms with Crippen LogP contribution in [0.4, 0.5) is 17.3 Å². The fourth-order valence-electron chi connectivity index (χ4n) is 9.96. The number of hydrogen-bond acceptors (Lipinski definition) is 11. The van der Waals surface area contributed by atoms with Gasteiger partial charge in [0.2, 0.25) is 5.91 Å². The van der Waals surface area contributed by atoms with E-state index < -0.39 is 0 Å². The molecule has 4 aliphatic heterocycles. The molecule has 1 saturated carbocycles. The highest BCUT2D eigenvalue weighted by molar-refractivity contribution is 6.31. The number of carbonyl (C=O) groups is 2. The number of likely N-dealkylation sites (tertiary alicyclic amines) is 1. The SMILES string of the molecule is CC(=O)N1CCc2c(c(N3CCCc4ccncc43)nn2C2CCN(CC3CCN(c4ccc(C(=O)NC5CCC(Oc6ccc(C#N)c(Cl)c6)CC5)nn4)CC3)CC2)C1. The molecule has 4 aromatic rings. The molecule has 0 radical (unpaired) electrons. The predicted molar refractivity (Wildman–Crippen MR) is 229 cm³/mol. The number of aromatic nitrogens is 5. The Balaban J connectivity index is 0.735. The fraction of sp³-hybridized carbons (Fsp3) is 0.533. The Morgan fingerprint density at radius 1 is 0.933 bits per heavy atom. The van der Waals surface area contributed by atoms with Crippen molar-refractivity contribution in [1.82, 2.24) is 40.1 Å². The van der Waals surface area contributed by atoms with Crippen molar-refractivity contribution in [3.05, 3.63) is 81.9 Å². The molecule has 3 fully saturated rings. The molecule has 7 heterocycles. The summed E-state index contributed by atoms with van der Waals surface area (Å²) in [6.07, 6.45) is 14.4. The first kappa shape index (κ1) is 40.2. The Morgan fingerprint density at radius 3 is 2.48 bits per heavy atom. The van der Waals surface area contributed by atoms with E-state index in [1.165, 1.54) is 16.8 Å². The maximum Gasteiger partial charge on any atom is 0.272 e. The average molecular weight is 832 g/mol. The van der Waals surface area contributed by atoms with Gasteiger partial charge in [0.25, 0.3) is 5.91 Å². The molecule has 0 unspecified atom stereocenters. The van der Waals surface area contributed by atoms with Crippen LogP contribution in [0, 0.1) is 17.2 Å². The summed E-state index contributed by atoms with van der Waals surface area (Å²) in [7, 11) is 0. The van der Waals surface area contributed by atoms with E-state index in [1.807, 2.05) is 23.4 Å². The predicted octanol–water partition coefficient (Wildman–Crippen LogP) is 6.26. The molecular formula is C45H54ClN11O3. The van der Waals surface area contributed by atoms with Crippen LogP contribution >= 0.6 is 11.6 Å². The number of piperidine rings is 2. The van der Waals surface area contributed by atoms with E-state index in [-0.39, 0.29) is 24.0 Å². The van der Waals surface area contributed by atoms with Gasteiger partial charge in [0, 0.05) is 88.7 Å². The first-order chi connectivity index (χ1) is 29.3. The van der Waals surface area contributed by atoms with Crippen LogP contribution in [0.25, 0.3) is 0 Å². The van der Waals surface area contributed by atoms with Crippen molar-refractivity contribution in [3.8, 4) is 11.8 Å². The van der Waals surface area contributed by atoms with Crippen LogP contribution in [0.15, 0.2) is 48.8 Å². The van der Waals surface area contributed by atoms with Gasteiger partial charge in [-0.1, -0.05) is 11.6 Å². The van der Waals surface area contributed by atoms with Gasteiger partial charge in [0.15, 0.2) is 17.3 Å². The molecule has 14 nitrogen and oxygen atoms in total. The number of carbonyl (C=O) groups excluding carboxylic acids is 2. The minimum Gasteiger partial charge on any atom is -0.490 e. The summed E-state index contributed by atoms with van der Waals surface area (Å²) in [5.41, 5.74) is 5.74. The van der Waals surface area contributed by atoms with Gasteiger partial charge in [-0.15, -0.1) is 10.2 Å². The van der Waals surface area contributed by atoms with Crippen molar-refractivity contribution < 1.29 is 14.3 Å². The molecule has 5 aliphatic rings. The van der Waals surface area contributed by atoms with E-state index in [1.54, 1.807) is 31.2 Å². The van der Waals surface area contributed by atoms with Crippen LogP contribution in [0.2, 0.25) is 5.02 Å². The second-order valence-corrected chi connectivity index (χ2v) is 17.6. The van der Waals surface area contributed by atoms with Gasteiger partial charge in [-0.2, -0.15) is 10.4 Å². The summed E-state index contributed by atoms with van der Waals surface area (Å²) >= 11 is 6.17. The van der Waals surface area contributed by atoms with Crippen molar-refractivity contribution in [1.29, 1.82) is 5.26 Å². The van der Waals surface area contributed by atoms with Gasteiger partial charge in [-0.3, -0.25) is 19.3 Å². The van der Waals surface area contributed by atoms with Crippen molar-refractivity contribution in [2.75, 3.05) is 55.6 Å². The number of benzene rings is 1. The normalized spacial score (nSPS) is 21.5. The quantitative estimate of drug-likeness (QED) is 0.204. The maximum atomic E-state index is 13.1. The Morgan fingerprint density at radius 2 is 1.75 bits per heavy atom. The maximum absolute atomic E-state index is 13.1. The number of ether oxygens (including phenoxy) is 1. The third-order valence-corrected chi connectivity index (χ3v) is 13.7. The lowest BCUT2D eigenvalue weighted by Gasteiger charge is -2.38. The minimum atomic E-state index is -0.197. The second kappa shape index (κ2) is 17.8. The zero-order valence-electron chi connectivity index (χ0n) is 34.4. The number of nitrogens with one attached hydrogen (secondary N) is 1. The van der Waals surface area contributed by atoms with E-state index in [2.05, 4.69) is 52.0 Å². The molecule has 0 bridgehead atoms. The molecule has 0 spiro atoms. The van der Waals surface area contributed by atoms with E-state index in [9.17, 15) is 9.59 Å². The van der Waals surface area contributed by atoms with E-state index >= 15 is 0 Å². The van der Waals surface area contributed by atoms with Crippen LogP contribution in [-0.2, 0) is 24.2 Å². The molecule has 1 aliphatic carbocycles. The summed E-state index contributed by atoms with van der Waals surface area (Å²) < 4.78 is 8.45. The largest absolute Gasteiger partial charge is 0.490 e. The summed E-state index contributed by atoms with van der Waals surface area (Å²) in [6, 6.07) is 13.5. The number of hydrogen-bond donors (Lipinski definition) is 1. The standard InChI is InChI=1S/C45H54ClN11O3/c1-30(58)55-24-17-41-38(29-55)44(56-19-2-3-32-12-18-48-27-42(32)56)52-57(41)35-15-20-53(21-16-35)28-31-13-22-54(23-14-31)43-11-10-40(50-51-43)45(59)49-34-5-8-36(9-6-34)60-37-7-4-33(26-47)39(46)25-37/h4,7,10-12,18,25,27,31,34-36H,2-3,5-6,8-9,13-17,19-24,28-29H2,1H3,(H,49,59). The Labute approximate surface area is 356 Å². The number of nitrogens with zero attached hydrogens (tertiary/aromatic N) is 10. The summed E-state index contributed by atoms with van der Waals surface area (Å²) in [4.78, 5) is 39.3. The molecule has 2 amide bonds. The fourth-order valence-corrected chi connectivity index (χ4v) is 10.2. The van der Waals surface area contributed by atoms with Gasteiger partial charge in [0.05, 0.1) is 41.2 Å². The highest BCUT2D eigenvalue weighted by atomic mass is 35.5. The van der Waals surface area contributed by atoms with E-state index in [4.69, 9.17) is 26.7 Å². The van der Waals surface area contributed by atoms with Gasteiger partial charge in [0.1, 0.15) is 11.8 Å². The van der Waals surface area contributed by atoms with E-state index in [0.717, 1.165) is 134 Å².